The number of ether oxygens (including phenoxy) is 3. The van der Waals surface area contributed by atoms with Crippen LogP contribution in [0.1, 0.15) is 30.1 Å². The lowest BCUT2D eigenvalue weighted by atomic mass is 9.72. The number of Topliss-reactive ketones (excluding diaryl/α,β-unsaturated/α-hetero) is 1. The first-order valence-electron chi connectivity index (χ1n) is 7.90. The van der Waals surface area contributed by atoms with Crippen molar-refractivity contribution in [1.82, 2.24) is 0 Å². The molecule has 5 nitrogen and oxygen atoms in total. The second kappa shape index (κ2) is 7.53. The largest absolute Gasteiger partial charge is 0.493 e. The number of allylic oxidation sites excluding steroid dienone is 3. The molecule has 1 unspecified atom stereocenters. The van der Waals surface area contributed by atoms with Crippen LogP contribution in [0.2, 0.25) is 0 Å². The molecule has 1 aromatic rings. The highest BCUT2D eigenvalue weighted by Gasteiger charge is 2.34. The fourth-order valence-corrected chi connectivity index (χ4v) is 2.95. The van der Waals surface area contributed by atoms with Gasteiger partial charge in [0.15, 0.2) is 17.3 Å². The Balaban J connectivity index is 2.35. The van der Waals surface area contributed by atoms with Crippen molar-refractivity contribution in [3.05, 3.63) is 42.0 Å². The van der Waals surface area contributed by atoms with E-state index in [9.17, 15) is 4.79 Å². The van der Waals surface area contributed by atoms with Crippen LogP contribution in [0.15, 0.2) is 36.4 Å². The molecule has 0 radical (unpaired) electrons. The molecule has 0 saturated carbocycles. The number of hydrogen-bond acceptors (Lipinski definition) is 5. The Morgan fingerprint density at radius 2 is 1.79 bits per heavy atom. The Kier molecular flexibility index (Phi) is 5.67. The zero-order valence-electron chi connectivity index (χ0n) is 14.7. The highest BCUT2D eigenvalue weighted by Crippen LogP contribution is 2.40. The zero-order valence-corrected chi connectivity index (χ0v) is 14.7. The summed E-state index contributed by atoms with van der Waals surface area (Å²) in [6, 6.07) is 3.23. The summed E-state index contributed by atoms with van der Waals surface area (Å²) in [5.41, 5.74) is 6.33. The van der Waals surface area contributed by atoms with Crippen LogP contribution in [-0.2, 0) is 0 Å². The Morgan fingerprint density at radius 3 is 2.21 bits per heavy atom. The number of benzene rings is 1. The lowest BCUT2D eigenvalue weighted by Crippen LogP contribution is -2.40. The van der Waals surface area contributed by atoms with Crippen molar-refractivity contribution in [2.24, 2.45) is 11.1 Å². The molecule has 0 aliphatic heterocycles. The molecule has 0 saturated heterocycles. The molecule has 1 aromatic carbocycles. The van der Waals surface area contributed by atoms with E-state index < -0.39 is 0 Å². The van der Waals surface area contributed by atoms with Gasteiger partial charge >= 0.3 is 0 Å². The summed E-state index contributed by atoms with van der Waals surface area (Å²) >= 11 is 0. The van der Waals surface area contributed by atoms with Crippen molar-refractivity contribution in [2.45, 2.75) is 25.8 Å². The molecule has 0 amide bonds. The molecule has 0 bridgehead atoms. The molecule has 24 heavy (non-hydrogen) atoms. The number of rotatable bonds is 7. The average Bonchev–Trinajstić information content (AvgIpc) is 2.60. The molecular weight excluding hydrogens is 306 g/mol. The van der Waals surface area contributed by atoms with Crippen LogP contribution in [-0.4, -0.2) is 33.2 Å². The molecule has 5 heteroatoms. The smallest absolute Gasteiger partial charge is 0.203 e. The molecule has 2 atom stereocenters. The fourth-order valence-electron chi connectivity index (χ4n) is 2.95. The van der Waals surface area contributed by atoms with E-state index in [1.807, 2.05) is 31.2 Å². The maximum absolute atomic E-state index is 12.9. The van der Waals surface area contributed by atoms with Crippen molar-refractivity contribution >= 4 is 5.78 Å². The third kappa shape index (κ3) is 3.46. The van der Waals surface area contributed by atoms with E-state index in [1.165, 1.54) is 21.3 Å². The predicted molar refractivity (Wildman–Crippen MR) is 94.0 cm³/mol. The molecule has 130 valence electrons. The van der Waals surface area contributed by atoms with E-state index >= 15 is 0 Å². The quantitative estimate of drug-likeness (QED) is 0.777. The molecule has 0 heterocycles. The molecule has 2 rings (SSSR count). The van der Waals surface area contributed by atoms with Gasteiger partial charge in [0.2, 0.25) is 5.75 Å². The Hall–Kier alpha value is -2.27. The van der Waals surface area contributed by atoms with Crippen LogP contribution in [0.3, 0.4) is 0 Å². The van der Waals surface area contributed by atoms with Crippen molar-refractivity contribution < 1.29 is 19.0 Å². The number of nitrogens with two attached hydrogens (primary N) is 1. The minimum Gasteiger partial charge on any atom is -0.493 e. The molecule has 1 aliphatic carbocycles. The van der Waals surface area contributed by atoms with E-state index in [0.717, 1.165) is 6.42 Å². The number of hydrogen-bond donors (Lipinski definition) is 1. The van der Waals surface area contributed by atoms with Crippen LogP contribution in [0, 0.1) is 5.41 Å². The minimum atomic E-state index is -0.369. The highest BCUT2D eigenvalue weighted by atomic mass is 16.5. The Bertz CT molecular complexity index is 638. The number of carbonyl (C=O) groups is 1. The third-order valence-corrected chi connectivity index (χ3v) is 4.56. The number of carbonyl (C=O) groups excluding carboxylic acids is 1. The van der Waals surface area contributed by atoms with Crippen LogP contribution >= 0.6 is 0 Å². The summed E-state index contributed by atoms with van der Waals surface area (Å²) in [4.78, 5) is 12.9. The van der Waals surface area contributed by atoms with Gasteiger partial charge in [0.1, 0.15) is 0 Å². The second-order valence-corrected chi connectivity index (χ2v) is 6.03. The van der Waals surface area contributed by atoms with Crippen LogP contribution in [0.5, 0.6) is 17.2 Å². The average molecular weight is 331 g/mol. The van der Waals surface area contributed by atoms with Crippen molar-refractivity contribution in [1.29, 1.82) is 0 Å². The SMILES string of the molecule is COc1cc(C(=O)CC2([C@@H](C)N)C=CC=CC2)cc(OC)c1OC. The molecule has 0 fully saturated rings. The maximum Gasteiger partial charge on any atom is 0.203 e. The van der Waals surface area contributed by atoms with E-state index in [2.05, 4.69) is 0 Å². The monoisotopic (exact) mass is 331 g/mol. The van der Waals surface area contributed by atoms with Gasteiger partial charge in [-0.3, -0.25) is 4.79 Å². The van der Waals surface area contributed by atoms with E-state index in [-0.39, 0.29) is 17.2 Å². The van der Waals surface area contributed by atoms with Crippen LogP contribution in [0.25, 0.3) is 0 Å². The first-order chi connectivity index (χ1) is 11.5. The zero-order chi connectivity index (χ0) is 17.7. The topological polar surface area (TPSA) is 70.8 Å². The lowest BCUT2D eigenvalue weighted by Gasteiger charge is -2.34. The first kappa shape index (κ1) is 18.1. The summed E-state index contributed by atoms with van der Waals surface area (Å²) in [6.07, 6.45) is 9.08. The fraction of sp³-hybridized carbons (Fsp3) is 0.421. The first-order valence-corrected chi connectivity index (χ1v) is 7.90. The number of methoxy groups -OCH3 is 3. The van der Waals surface area contributed by atoms with Crippen molar-refractivity contribution in [3.63, 3.8) is 0 Å². The van der Waals surface area contributed by atoms with Gasteiger partial charge in [-0.15, -0.1) is 0 Å². The van der Waals surface area contributed by atoms with Gasteiger partial charge in [-0.1, -0.05) is 24.3 Å². The Labute approximate surface area is 143 Å². The molecular formula is C19H25NO4. The van der Waals surface area contributed by atoms with Gasteiger partial charge in [0, 0.05) is 23.4 Å². The molecule has 2 N–H and O–H groups in total. The van der Waals surface area contributed by atoms with Crippen LogP contribution in [0.4, 0.5) is 0 Å². The predicted octanol–water partition coefficient (Wildman–Crippen LogP) is 3.13. The molecule has 0 spiro atoms. The summed E-state index contributed by atoms with van der Waals surface area (Å²) in [5, 5.41) is 0. The molecule has 0 aromatic heterocycles. The summed E-state index contributed by atoms with van der Waals surface area (Å²) < 4.78 is 15.9. The highest BCUT2D eigenvalue weighted by molar-refractivity contribution is 5.98. The van der Waals surface area contributed by atoms with Crippen LogP contribution < -0.4 is 19.9 Å². The summed E-state index contributed by atoms with van der Waals surface area (Å²) in [7, 11) is 4.60. The van der Waals surface area contributed by atoms with Gasteiger partial charge in [-0.05, 0) is 25.5 Å². The number of ketones is 1. The summed E-state index contributed by atoms with van der Waals surface area (Å²) in [6.45, 7) is 1.94. The van der Waals surface area contributed by atoms with Crippen molar-refractivity contribution in [3.8, 4) is 17.2 Å². The Morgan fingerprint density at radius 1 is 1.17 bits per heavy atom. The summed E-state index contributed by atoms with van der Waals surface area (Å²) in [5.74, 6) is 1.40. The van der Waals surface area contributed by atoms with Gasteiger partial charge < -0.3 is 19.9 Å². The minimum absolute atomic E-state index is 0.00787. The van der Waals surface area contributed by atoms with E-state index in [1.54, 1.807) is 12.1 Å². The van der Waals surface area contributed by atoms with Gasteiger partial charge in [-0.25, -0.2) is 0 Å². The standard InChI is InChI=1S/C19H25NO4/c1-13(20)19(8-6-5-7-9-19)12-15(21)14-10-16(22-2)18(24-4)17(11-14)23-3/h5-8,10-11,13H,9,12,20H2,1-4H3/t13-,19?/m1/s1. The third-order valence-electron chi connectivity index (χ3n) is 4.56. The van der Waals surface area contributed by atoms with Gasteiger partial charge in [0.05, 0.1) is 21.3 Å². The van der Waals surface area contributed by atoms with Gasteiger partial charge in [0.25, 0.3) is 0 Å². The van der Waals surface area contributed by atoms with Crippen molar-refractivity contribution in [2.75, 3.05) is 21.3 Å². The second-order valence-electron chi connectivity index (χ2n) is 6.03. The van der Waals surface area contributed by atoms with Gasteiger partial charge in [-0.2, -0.15) is 0 Å². The molecule has 1 aliphatic rings. The maximum atomic E-state index is 12.9. The van der Waals surface area contributed by atoms with E-state index in [4.69, 9.17) is 19.9 Å². The normalized spacial score (nSPS) is 20.5. The lowest BCUT2D eigenvalue weighted by molar-refractivity contribution is 0.0923. The van der Waals surface area contributed by atoms with E-state index in [0.29, 0.717) is 29.2 Å².